The van der Waals surface area contributed by atoms with Crippen molar-refractivity contribution in [3.8, 4) is 0 Å². The van der Waals surface area contributed by atoms with E-state index in [1.54, 1.807) is 14.0 Å². The molecule has 0 rings (SSSR count). The van der Waals surface area contributed by atoms with E-state index in [0.29, 0.717) is 6.54 Å². The van der Waals surface area contributed by atoms with Crippen LogP contribution in [0.25, 0.3) is 0 Å². The summed E-state index contributed by atoms with van der Waals surface area (Å²) < 4.78 is 0. The first-order valence-corrected chi connectivity index (χ1v) is 4.01. The second kappa shape index (κ2) is 4.68. The van der Waals surface area contributed by atoms with Gasteiger partial charge in [-0.3, -0.25) is 4.79 Å². The van der Waals surface area contributed by atoms with Gasteiger partial charge in [-0.1, -0.05) is 15.9 Å². The number of carbonyl (C=O) groups excluding carboxylic acids is 1. The Labute approximate surface area is 69.1 Å². The van der Waals surface area contributed by atoms with E-state index in [1.165, 1.54) is 4.90 Å². The fraction of sp³-hybridized carbons (Fsp3) is 0.833. The van der Waals surface area contributed by atoms with Crippen LogP contribution in [0.1, 0.15) is 6.92 Å². The number of amides is 1. The SMILES string of the molecule is CC(Br)C(=O)N(C)CCO. The summed E-state index contributed by atoms with van der Waals surface area (Å²) in [6.45, 7) is 2.17. The van der Waals surface area contributed by atoms with Gasteiger partial charge in [0.1, 0.15) is 0 Å². The first-order chi connectivity index (χ1) is 4.59. The van der Waals surface area contributed by atoms with Crippen molar-refractivity contribution in [1.29, 1.82) is 0 Å². The van der Waals surface area contributed by atoms with Crippen molar-refractivity contribution >= 4 is 21.8 Å². The van der Waals surface area contributed by atoms with Gasteiger partial charge in [0.15, 0.2) is 0 Å². The number of aliphatic hydroxyl groups excluding tert-OH is 1. The Balaban J connectivity index is 3.71. The van der Waals surface area contributed by atoms with Crippen LogP contribution in [-0.4, -0.2) is 40.9 Å². The van der Waals surface area contributed by atoms with E-state index in [2.05, 4.69) is 15.9 Å². The van der Waals surface area contributed by atoms with E-state index in [-0.39, 0.29) is 17.3 Å². The van der Waals surface area contributed by atoms with Gasteiger partial charge in [-0.2, -0.15) is 0 Å². The number of rotatable bonds is 3. The maximum absolute atomic E-state index is 11.0. The molecule has 4 heteroatoms. The van der Waals surface area contributed by atoms with Crippen LogP contribution < -0.4 is 0 Å². The standard InChI is InChI=1S/C6H12BrNO2/c1-5(7)6(10)8(2)3-4-9/h5,9H,3-4H2,1-2H3. The van der Waals surface area contributed by atoms with Gasteiger partial charge in [0.05, 0.1) is 11.4 Å². The molecule has 1 amide bonds. The van der Waals surface area contributed by atoms with Crippen molar-refractivity contribution in [2.75, 3.05) is 20.2 Å². The summed E-state index contributed by atoms with van der Waals surface area (Å²) in [6, 6.07) is 0. The van der Waals surface area contributed by atoms with Gasteiger partial charge in [-0.25, -0.2) is 0 Å². The molecule has 0 bridgehead atoms. The van der Waals surface area contributed by atoms with Crippen molar-refractivity contribution in [2.45, 2.75) is 11.8 Å². The number of hydrogen-bond acceptors (Lipinski definition) is 2. The van der Waals surface area contributed by atoms with E-state index >= 15 is 0 Å². The minimum atomic E-state index is -0.163. The number of likely N-dealkylation sites (N-methyl/N-ethyl adjacent to an activating group) is 1. The van der Waals surface area contributed by atoms with E-state index < -0.39 is 0 Å². The molecule has 0 aliphatic rings. The molecule has 0 aliphatic heterocycles. The lowest BCUT2D eigenvalue weighted by Gasteiger charge is -2.16. The molecule has 60 valence electrons. The predicted octanol–water partition coefficient (Wildman–Crippen LogP) is 0.220. The molecule has 0 heterocycles. The molecular formula is C6H12BrNO2. The molecule has 0 fully saturated rings. The lowest BCUT2D eigenvalue weighted by atomic mass is 10.4. The lowest BCUT2D eigenvalue weighted by Crippen LogP contribution is -2.33. The molecule has 3 nitrogen and oxygen atoms in total. The van der Waals surface area contributed by atoms with Crippen LogP contribution in [0, 0.1) is 0 Å². The van der Waals surface area contributed by atoms with Crippen molar-refractivity contribution in [1.82, 2.24) is 4.90 Å². The fourth-order valence-corrected chi connectivity index (χ4v) is 0.913. The zero-order valence-corrected chi connectivity index (χ0v) is 7.76. The van der Waals surface area contributed by atoms with Crippen molar-refractivity contribution in [2.24, 2.45) is 0 Å². The van der Waals surface area contributed by atoms with Gasteiger partial charge in [0.2, 0.25) is 5.91 Å². The van der Waals surface area contributed by atoms with Crippen molar-refractivity contribution in [3.63, 3.8) is 0 Å². The van der Waals surface area contributed by atoms with E-state index in [0.717, 1.165) is 0 Å². The zero-order chi connectivity index (χ0) is 8.15. The molecule has 0 aromatic heterocycles. The number of halogens is 1. The Morgan fingerprint density at radius 1 is 1.80 bits per heavy atom. The Hall–Kier alpha value is -0.0900. The summed E-state index contributed by atoms with van der Waals surface area (Å²) in [5, 5.41) is 8.46. The average molecular weight is 210 g/mol. The van der Waals surface area contributed by atoms with Gasteiger partial charge in [-0.15, -0.1) is 0 Å². The van der Waals surface area contributed by atoms with Crippen LogP contribution in [0.2, 0.25) is 0 Å². The Morgan fingerprint density at radius 2 is 2.30 bits per heavy atom. The number of aliphatic hydroxyl groups is 1. The predicted molar refractivity (Wildman–Crippen MR) is 43.1 cm³/mol. The molecule has 0 aromatic rings. The van der Waals surface area contributed by atoms with Crippen LogP contribution >= 0.6 is 15.9 Å². The lowest BCUT2D eigenvalue weighted by molar-refractivity contribution is -0.129. The highest BCUT2D eigenvalue weighted by molar-refractivity contribution is 9.10. The average Bonchev–Trinajstić information content (AvgIpc) is 1.87. The molecule has 0 aliphatic carbocycles. The summed E-state index contributed by atoms with van der Waals surface area (Å²) in [7, 11) is 1.66. The number of nitrogens with zero attached hydrogens (tertiary/aromatic N) is 1. The van der Waals surface area contributed by atoms with E-state index in [1.807, 2.05) is 0 Å². The van der Waals surface area contributed by atoms with Crippen molar-refractivity contribution in [3.05, 3.63) is 0 Å². The Kier molecular flexibility index (Phi) is 4.64. The molecular weight excluding hydrogens is 198 g/mol. The van der Waals surface area contributed by atoms with Gasteiger partial charge in [0, 0.05) is 13.6 Å². The monoisotopic (exact) mass is 209 g/mol. The molecule has 1 unspecified atom stereocenters. The maximum atomic E-state index is 11.0. The van der Waals surface area contributed by atoms with E-state index in [9.17, 15) is 4.79 Å². The molecule has 10 heavy (non-hydrogen) atoms. The van der Waals surface area contributed by atoms with Gasteiger partial charge in [-0.05, 0) is 6.92 Å². The molecule has 0 radical (unpaired) electrons. The highest BCUT2D eigenvalue weighted by Crippen LogP contribution is 2.00. The van der Waals surface area contributed by atoms with Gasteiger partial charge < -0.3 is 10.0 Å². The van der Waals surface area contributed by atoms with Crippen LogP contribution in [0.15, 0.2) is 0 Å². The number of hydrogen-bond donors (Lipinski definition) is 1. The van der Waals surface area contributed by atoms with Crippen LogP contribution in [-0.2, 0) is 4.79 Å². The van der Waals surface area contributed by atoms with E-state index in [4.69, 9.17) is 5.11 Å². The summed E-state index contributed by atoms with van der Waals surface area (Å²) in [5.41, 5.74) is 0. The first kappa shape index (κ1) is 9.91. The summed E-state index contributed by atoms with van der Waals surface area (Å²) >= 11 is 3.14. The maximum Gasteiger partial charge on any atom is 0.235 e. The van der Waals surface area contributed by atoms with Gasteiger partial charge >= 0.3 is 0 Å². The van der Waals surface area contributed by atoms with Gasteiger partial charge in [0.25, 0.3) is 0 Å². The molecule has 1 N–H and O–H groups in total. The van der Waals surface area contributed by atoms with Crippen LogP contribution in [0.4, 0.5) is 0 Å². The summed E-state index contributed by atoms with van der Waals surface area (Å²) in [5.74, 6) is -0.00551. The Bertz CT molecular complexity index is 116. The minimum Gasteiger partial charge on any atom is -0.395 e. The number of carbonyl (C=O) groups is 1. The largest absolute Gasteiger partial charge is 0.395 e. The normalized spacial score (nSPS) is 12.8. The topological polar surface area (TPSA) is 40.5 Å². The zero-order valence-electron chi connectivity index (χ0n) is 6.17. The van der Waals surface area contributed by atoms with Crippen LogP contribution in [0.3, 0.4) is 0 Å². The third-order valence-electron chi connectivity index (χ3n) is 1.15. The first-order valence-electron chi connectivity index (χ1n) is 3.09. The second-order valence-electron chi connectivity index (χ2n) is 2.10. The molecule has 0 aromatic carbocycles. The highest BCUT2D eigenvalue weighted by atomic mass is 79.9. The third kappa shape index (κ3) is 3.17. The second-order valence-corrected chi connectivity index (χ2v) is 3.47. The quantitative estimate of drug-likeness (QED) is 0.677. The molecule has 0 spiro atoms. The highest BCUT2D eigenvalue weighted by Gasteiger charge is 2.12. The van der Waals surface area contributed by atoms with Crippen LogP contribution in [0.5, 0.6) is 0 Å². The minimum absolute atomic E-state index is 0.00551. The fourth-order valence-electron chi connectivity index (χ4n) is 0.564. The Morgan fingerprint density at radius 3 is 2.60 bits per heavy atom. The molecule has 0 saturated heterocycles. The van der Waals surface area contributed by atoms with Crippen molar-refractivity contribution < 1.29 is 9.90 Å². The summed E-state index contributed by atoms with van der Waals surface area (Å²) in [4.78, 5) is 12.3. The molecule has 1 atom stereocenters. The summed E-state index contributed by atoms with van der Waals surface area (Å²) in [6.07, 6.45) is 0. The number of alkyl halides is 1. The smallest absolute Gasteiger partial charge is 0.235 e. The molecule has 0 saturated carbocycles. The third-order valence-corrected chi connectivity index (χ3v) is 1.54.